The van der Waals surface area contributed by atoms with Gasteiger partial charge in [0.2, 0.25) is 5.91 Å². The lowest BCUT2D eigenvalue weighted by molar-refractivity contribution is -0.134. The molecule has 0 radical (unpaired) electrons. The number of carbonyl (C=O) groups excluding carboxylic acids is 2. The smallest absolute Gasteiger partial charge is 0.311 e. The maximum atomic E-state index is 12.1. The van der Waals surface area contributed by atoms with E-state index in [1.165, 1.54) is 30.3 Å². The zero-order chi connectivity index (χ0) is 18.4. The predicted octanol–water partition coefficient (Wildman–Crippen LogP) is 2.69. The van der Waals surface area contributed by atoms with Gasteiger partial charge in [-0.3, -0.25) is 9.59 Å². The number of hydrogen-bond donors (Lipinski definition) is 4. The number of amides is 1. The number of phenols is 3. The van der Waals surface area contributed by atoms with Crippen LogP contribution in [-0.2, 0) is 16.0 Å². The van der Waals surface area contributed by atoms with E-state index >= 15 is 0 Å². The first-order valence-corrected chi connectivity index (χ1v) is 7.74. The Hall–Kier alpha value is -3.22. The van der Waals surface area contributed by atoms with Crippen LogP contribution in [0.2, 0.25) is 0 Å². The third-order valence-electron chi connectivity index (χ3n) is 3.45. The third kappa shape index (κ3) is 4.87. The molecule has 0 atom stereocenters. The number of rotatable bonds is 6. The Kier molecular flexibility index (Phi) is 5.84. The molecule has 7 heteroatoms. The lowest BCUT2D eigenvalue weighted by Gasteiger charge is -2.12. The van der Waals surface area contributed by atoms with E-state index in [9.17, 15) is 24.9 Å². The molecule has 0 bridgehead atoms. The normalized spacial score (nSPS) is 10.3. The molecule has 0 saturated heterocycles. The van der Waals surface area contributed by atoms with Gasteiger partial charge in [0.1, 0.15) is 0 Å². The molecular weight excluding hydrogens is 326 g/mol. The SMILES string of the molecule is CCC(=O)Oc1c(O)cccc1NC(=O)CCc1ccc(O)c(O)c1. The highest BCUT2D eigenvalue weighted by Gasteiger charge is 2.15. The summed E-state index contributed by atoms with van der Waals surface area (Å²) in [7, 11) is 0. The summed E-state index contributed by atoms with van der Waals surface area (Å²) in [5, 5.41) is 31.1. The molecule has 25 heavy (non-hydrogen) atoms. The Morgan fingerprint density at radius 2 is 1.80 bits per heavy atom. The number of aromatic hydroxyl groups is 3. The monoisotopic (exact) mass is 345 g/mol. The van der Waals surface area contributed by atoms with Crippen LogP contribution in [0.25, 0.3) is 0 Å². The van der Waals surface area contributed by atoms with Gasteiger partial charge in [-0.25, -0.2) is 0 Å². The van der Waals surface area contributed by atoms with Crippen LogP contribution in [-0.4, -0.2) is 27.2 Å². The Morgan fingerprint density at radius 3 is 2.48 bits per heavy atom. The number of hydrogen-bond acceptors (Lipinski definition) is 6. The van der Waals surface area contributed by atoms with Crippen molar-refractivity contribution in [2.24, 2.45) is 0 Å². The summed E-state index contributed by atoms with van der Waals surface area (Å²) in [5.74, 6) is -1.70. The van der Waals surface area contributed by atoms with Crippen molar-refractivity contribution < 1.29 is 29.6 Å². The Labute approximate surface area is 144 Å². The lowest BCUT2D eigenvalue weighted by Crippen LogP contribution is -2.14. The summed E-state index contributed by atoms with van der Waals surface area (Å²) in [6.07, 6.45) is 0.565. The Balaban J connectivity index is 2.03. The molecule has 2 aromatic carbocycles. The van der Waals surface area contributed by atoms with E-state index in [4.69, 9.17) is 4.74 Å². The predicted molar refractivity (Wildman–Crippen MR) is 90.8 cm³/mol. The molecule has 7 nitrogen and oxygen atoms in total. The zero-order valence-electron chi connectivity index (χ0n) is 13.7. The summed E-state index contributed by atoms with van der Waals surface area (Å²) in [6, 6.07) is 8.72. The van der Waals surface area contributed by atoms with Crippen molar-refractivity contribution in [3.05, 3.63) is 42.0 Å². The molecular formula is C18H19NO6. The van der Waals surface area contributed by atoms with E-state index in [-0.39, 0.29) is 47.4 Å². The van der Waals surface area contributed by atoms with Crippen molar-refractivity contribution >= 4 is 17.6 Å². The standard InChI is InChI=1S/C18H19NO6/c1-2-17(24)25-18-12(4-3-5-14(18)21)19-16(23)9-7-11-6-8-13(20)15(22)10-11/h3-6,8,10,20-22H,2,7,9H2,1H3,(H,19,23). The second kappa shape index (κ2) is 8.05. The average Bonchev–Trinajstić information content (AvgIpc) is 2.58. The highest BCUT2D eigenvalue weighted by molar-refractivity contribution is 5.93. The van der Waals surface area contributed by atoms with Gasteiger partial charge in [-0.15, -0.1) is 0 Å². The number of phenolic OH excluding ortho intramolecular Hbond substituents is 3. The molecule has 0 aliphatic heterocycles. The first kappa shape index (κ1) is 18.1. The van der Waals surface area contributed by atoms with Crippen molar-refractivity contribution in [2.75, 3.05) is 5.32 Å². The number of ether oxygens (including phenoxy) is 1. The molecule has 0 heterocycles. The minimum absolute atomic E-state index is 0.0926. The number of anilines is 1. The minimum Gasteiger partial charge on any atom is -0.504 e. The van der Waals surface area contributed by atoms with Gasteiger partial charge in [-0.2, -0.15) is 0 Å². The Morgan fingerprint density at radius 1 is 1.04 bits per heavy atom. The number of carbonyl (C=O) groups is 2. The van der Waals surface area contributed by atoms with Crippen LogP contribution in [0.1, 0.15) is 25.3 Å². The topological polar surface area (TPSA) is 116 Å². The largest absolute Gasteiger partial charge is 0.504 e. The van der Waals surface area contributed by atoms with Gasteiger partial charge in [0.25, 0.3) is 0 Å². The second-order valence-corrected chi connectivity index (χ2v) is 5.35. The van der Waals surface area contributed by atoms with Gasteiger partial charge in [0, 0.05) is 12.8 Å². The summed E-state index contributed by atoms with van der Waals surface area (Å²) in [4.78, 5) is 23.6. The fraction of sp³-hybridized carbons (Fsp3) is 0.222. The molecule has 132 valence electrons. The first-order valence-electron chi connectivity index (χ1n) is 7.74. The molecule has 4 N–H and O–H groups in total. The van der Waals surface area contributed by atoms with E-state index < -0.39 is 5.97 Å². The molecule has 0 aliphatic carbocycles. The lowest BCUT2D eigenvalue weighted by atomic mass is 10.1. The van der Waals surface area contributed by atoms with E-state index in [1.54, 1.807) is 13.0 Å². The van der Waals surface area contributed by atoms with Gasteiger partial charge in [0.05, 0.1) is 5.69 Å². The zero-order valence-corrected chi connectivity index (χ0v) is 13.7. The number of benzene rings is 2. The van der Waals surface area contributed by atoms with Gasteiger partial charge < -0.3 is 25.4 Å². The van der Waals surface area contributed by atoms with Crippen molar-refractivity contribution in [2.45, 2.75) is 26.2 Å². The second-order valence-electron chi connectivity index (χ2n) is 5.35. The summed E-state index contributed by atoms with van der Waals surface area (Å²) < 4.78 is 5.05. The molecule has 2 aromatic rings. The molecule has 0 spiro atoms. The quantitative estimate of drug-likeness (QED) is 0.363. The molecule has 0 saturated carbocycles. The summed E-state index contributed by atoms with van der Waals surface area (Å²) >= 11 is 0. The van der Waals surface area contributed by atoms with Crippen LogP contribution in [0, 0.1) is 0 Å². The number of nitrogens with one attached hydrogen (secondary N) is 1. The number of aryl methyl sites for hydroxylation is 1. The van der Waals surface area contributed by atoms with Gasteiger partial charge in [-0.1, -0.05) is 19.1 Å². The molecule has 0 fully saturated rings. The van der Waals surface area contributed by atoms with E-state index in [0.29, 0.717) is 12.0 Å². The highest BCUT2D eigenvalue weighted by atomic mass is 16.5. The van der Waals surface area contributed by atoms with Gasteiger partial charge in [-0.05, 0) is 36.2 Å². The van der Waals surface area contributed by atoms with Crippen LogP contribution in [0.4, 0.5) is 5.69 Å². The van der Waals surface area contributed by atoms with Gasteiger partial charge in [0.15, 0.2) is 23.0 Å². The average molecular weight is 345 g/mol. The van der Waals surface area contributed by atoms with Crippen molar-refractivity contribution in [3.8, 4) is 23.0 Å². The Bertz CT molecular complexity index is 787. The highest BCUT2D eigenvalue weighted by Crippen LogP contribution is 2.34. The molecule has 0 unspecified atom stereocenters. The van der Waals surface area contributed by atoms with E-state index in [0.717, 1.165) is 0 Å². The maximum Gasteiger partial charge on any atom is 0.311 e. The van der Waals surface area contributed by atoms with E-state index in [2.05, 4.69) is 5.32 Å². The van der Waals surface area contributed by atoms with Crippen molar-refractivity contribution in [1.82, 2.24) is 0 Å². The number of para-hydroxylation sites is 1. The van der Waals surface area contributed by atoms with Crippen LogP contribution >= 0.6 is 0 Å². The van der Waals surface area contributed by atoms with Crippen molar-refractivity contribution in [1.29, 1.82) is 0 Å². The minimum atomic E-state index is -0.531. The fourth-order valence-corrected chi connectivity index (χ4v) is 2.11. The van der Waals surface area contributed by atoms with Gasteiger partial charge >= 0.3 is 5.97 Å². The third-order valence-corrected chi connectivity index (χ3v) is 3.45. The van der Waals surface area contributed by atoms with Crippen molar-refractivity contribution in [3.63, 3.8) is 0 Å². The molecule has 0 aromatic heterocycles. The number of esters is 1. The van der Waals surface area contributed by atoms with E-state index in [1.807, 2.05) is 0 Å². The fourth-order valence-electron chi connectivity index (χ4n) is 2.11. The molecule has 0 aliphatic rings. The van der Waals surface area contributed by atoms with Crippen LogP contribution in [0.5, 0.6) is 23.0 Å². The van der Waals surface area contributed by atoms with Crippen LogP contribution in [0.3, 0.4) is 0 Å². The first-order chi connectivity index (χ1) is 11.9. The molecule has 1 amide bonds. The summed E-state index contributed by atoms with van der Waals surface area (Å²) in [6.45, 7) is 1.62. The summed E-state index contributed by atoms with van der Waals surface area (Å²) in [5.41, 5.74) is 0.874. The van der Waals surface area contributed by atoms with Crippen LogP contribution in [0.15, 0.2) is 36.4 Å². The van der Waals surface area contributed by atoms with Crippen LogP contribution < -0.4 is 10.1 Å². The molecule has 2 rings (SSSR count). The maximum absolute atomic E-state index is 12.1.